The lowest BCUT2D eigenvalue weighted by Crippen LogP contribution is -2.27. The molecular formula is C24H26ClN5O3. The minimum Gasteiger partial charge on any atom is -0.493 e. The number of aromatic hydroxyl groups is 1. The maximum atomic E-state index is 12.1. The Morgan fingerprint density at radius 2 is 1.79 bits per heavy atom. The first-order valence-electron chi connectivity index (χ1n) is 11.0. The van der Waals surface area contributed by atoms with Gasteiger partial charge in [0.1, 0.15) is 0 Å². The number of azo groups is 1. The molecule has 0 aliphatic carbocycles. The lowest BCUT2D eigenvalue weighted by molar-refractivity contribution is -0.122. The first-order chi connectivity index (χ1) is 16.1. The van der Waals surface area contributed by atoms with Crippen LogP contribution in [0.2, 0.25) is 5.02 Å². The van der Waals surface area contributed by atoms with Crippen LogP contribution in [0, 0.1) is 0 Å². The molecule has 0 bridgehead atoms. The summed E-state index contributed by atoms with van der Waals surface area (Å²) >= 11 is 6.04. The van der Waals surface area contributed by atoms with Gasteiger partial charge in [0.05, 0.1) is 18.4 Å². The number of halogens is 1. The molecule has 1 fully saturated rings. The lowest BCUT2D eigenvalue weighted by atomic mass is 10.2. The summed E-state index contributed by atoms with van der Waals surface area (Å²) in [4.78, 5) is 19.5. The van der Waals surface area contributed by atoms with Crippen LogP contribution in [0.15, 0.2) is 63.9 Å². The molecule has 172 valence electrons. The first kappa shape index (κ1) is 22.9. The van der Waals surface area contributed by atoms with Crippen molar-refractivity contribution in [2.45, 2.75) is 32.4 Å². The van der Waals surface area contributed by atoms with E-state index in [1.165, 1.54) is 19.1 Å². The van der Waals surface area contributed by atoms with Crippen molar-refractivity contribution in [1.82, 2.24) is 9.47 Å². The van der Waals surface area contributed by atoms with Crippen molar-refractivity contribution in [2.24, 2.45) is 15.4 Å². The summed E-state index contributed by atoms with van der Waals surface area (Å²) in [5, 5.41) is 23.7. The van der Waals surface area contributed by atoms with E-state index < -0.39 is 5.91 Å². The summed E-state index contributed by atoms with van der Waals surface area (Å²) in [7, 11) is 0. The predicted molar refractivity (Wildman–Crippen MR) is 128 cm³/mol. The SMILES string of the molecule is O=C(CO/N=C\c1ccccc1Cl)N=Nc1c(O)n(CN2CCCCCC2)c2ccccc12. The maximum Gasteiger partial charge on any atom is 0.304 e. The van der Waals surface area contributed by atoms with Crippen LogP contribution in [-0.2, 0) is 16.3 Å². The number of fused-ring (bicyclic) bond motifs is 1. The zero-order chi connectivity index (χ0) is 23.0. The number of para-hydroxylation sites is 1. The van der Waals surface area contributed by atoms with Gasteiger partial charge in [-0.1, -0.05) is 66.0 Å². The number of nitrogens with zero attached hydrogens (tertiary/aromatic N) is 5. The van der Waals surface area contributed by atoms with Gasteiger partial charge in [-0.05, 0) is 38.1 Å². The molecular weight excluding hydrogens is 442 g/mol. The largest absolute Gasteiger partial charge is 0.493 e. The van der Waals surface area contributed by atoms with E-state index in [2.05, 4.69) is 20.3 Å². The number of aromatic nitrogens is 1. The number of carbonyl (C=O) groups excluding carboxylic acids is 1. The molecule has 1 amide bonds. The zero-order valence-corrected chi connectivity index (χ0v) is 19.0. The van der Waals surface area contributed by atoms with Crippen LogP contribution in [-0.4, -0.2) is 46.4 Å². The van der Waals surface area contributed by atoms with E-state index in [-0.39, 0.29) is 18.2 Å². The van der Waals surface area contributed by atoms with Gasteiger partial charge in [-0.25, -0.2) is 0 Å². The Hall–Kier alpha value is -3.23. The van der Waals surface area contributed by atoms with Crippen molar-refractivity contribution in [3.05, 3.63) is 59.1 Å². The van der Waals surface area contributed by atoms with Gasteiger partial charge in [0.2, 0.25) is 5.88 Å². The van der Waals surface area contributed by atoms with Gasteiger partial charge in [0.25, 0.3) is 0 Å². The second-order valence-electron chi connectivity index (χ2n) is 7.91. The van der Waals surface area contributed by atoms with Crippen LogP contribution in [0.1, 0.15) is 31.2 Å². The number of benzene rings is 2. The number of oxime groups is 1. The Morgan fingerprint density at radius 1 is 1.06 bits per heavy atom. The van der Waals surface area contributed by atoms with Gasteiger partial charge < -0.3 is 9.94 Å². The van der Waals surface area contributed by atoms with Crippen LogP contribution in [0.4, 0.5) is 5.69 Å². The molecule has 1 saturated heterocycles. The van der Waals surface area contributed by atoms with Crippen molar-refractivity contribution in [3.8, 4) is 5.88 Å². The molecule has 1 aliphatic heterocycles. The molecule has 1 aliphatic rings. The van der Waals surface area contributed by atoms with Gasteiger partial charge in [-0.2, -0.15) is 0 Å². The lowest BCUT2D eigenvalue weighted by Gasteiger charge is -2.21. The van der Waals surface area contributed by atoms with Crippen molar-refractivity contribution in [1.29, 1.82) is 0 Å². The molecule has 3 aromatic rings. The summed E-state index contributed by atoms with van der Waals surface area (Å²) in [6.45, 7) is 2.17. The van der Waals surface area contributed by atoms with Gasteiger partial charge in [-0.3, -0.25) is 14.3 Å². The number of likely N-dealkylation sites (tertiary alicyclic amines) is 1. The highest BCUT2D eigenvalue weighted by molar-refractivity contribution is 6.33. The van der Waals surface area contributed by atoms with Gasteiger partial charge in [0, 0.05) is 16.0 Å². The highest BCUT2D eigenvalue weighted by atomic mass is 35.5. The smallest absolute Gasteiger partial charge is 0.304 e. The van der Waals surface area contributed by atoms with Crippen LogP contribution < -0.4 is 0 Å². The molecule has 0 atom stereocenters. The second kappa shape index (κ2) is 11.1. The summed E-state index contributed by atoms with van der Waals surface area (Å²) in [6, 6.07) is 14.7. The van der Waals surface area contributed by atoms with E-state index in [1.54, 1.807) is 12.1 Å². The maximum absolute atomic E-state index is 12.1. The summed E-state index contributed by atoms with van der Waals surface area (Å²) in [5.74, 6) is -0.621. The predicted octanol–water partition coefficient (Wildman–Crippen LogP) is 5.49. The minimum atomic E-state index is -0.616. The number of amides is 1. The van der Waals surface area contributed by atoms with Crippen LogP contribution in [0.3, 0.4) is 0 Å². The summed E-state index contributed by atoms with van der Waals surface area (Å²) in [5.41, 5.74) is 1.80. The number of hydrogen-bond acceptors (Lipinski definition) is 6. The fraction of sp³-hybridized carbons (Fsp3) is 0.333. The zero-order valence-electron chi connectivity index (χ0n) is 18.2. The molecule has 2 aromatic carbocycles. The normalized spacial score (nSPS) is 15.4. The first-order valence-corrected chi connectivity index (χ1v) is 11.4. The van der Waals surface area contributed by atoms with Crippen LogP contribution in [0.25, 0.3) is 10.9 Å². The Bertz CT molecular complexity index is 1170. The van der Waals surface area contributed by atoms with Crippen molar-refractivity contribution in [2.75, 3.05) is 19.7 Å². The Labute approximate surface area is 197 Å². The van der Waals surface area contributed by atoms with Crippen molar-refractivity contribution >= 4 is 40.3 Å². The monoisotopic (exact) mass is 467 g/mol. The van der Waals surface area contributed by atoms with E-state index in [1.807, 2.05) is 41.0 Å². The Balaban J connectivity index is 1.44. The van der Waals surface area contributed by atoms with Gasteiger partial charge >= 0.3 is 5.91 Å². The highest BCUT2D eigenvalue weighted by Crippen LogP contribution is 2.39. The average molecular weight is 468 g/mol. The number of hydrogen-bond donors (Lipinski definition) is 1. The van der Waals surface area contributed by atoms with Crippen LogP contribution in [0.5, 0.6) is 5.88 Å². The topological polar surface area (TPSA) is 91.8 Å². The Morgan fingerprint density at radius 3 is 2.58 bits per heavy atom. The summed E-state index contributed by atoms with van der Waals surface area (Å²) < 4.78 is 1.82. The highest BCUT2D eigenvalue weighted by Gasteiger charge is 2.19. The second-order valence-corrected chi connectivity index (χ2v) is 8.32. The molecule has 1 aromatic heterocycles. The third-order valence-electron chi connectivity index (χ3n) is 5.58. The number of carbonyl (C=O) groups is 1. The van der Waals surface area contributed by atoms with E-state index in [0.29, 0.717) is 17.3 Å². The molecule has 0 saturated carbocycles. The fourth-order valence-corrected chi connectivity index (χ4v) is 4.08. The molecule has 9 heteroatoms. The van der Waals surface area contributed by atoms with E-state index in [4.69, 9.17) is 16.4 Å². The number of rotatable bonds is 7. The molecule has 1 N–H and O–H groups in total. The molecule has 33 heavy (non-hydrogen) atoms. The van der Waals surface area contributed by atoms with E-state index in [0.717, 1.165) is 36.8 Å². The molecule has 2 heterocycles. The summed E-state index contributed by atoms with van der Waals surface area (Å²) in [6.07, 6.45) is 6.21. The van der Waals surface area contributed by atoms with E-state index in [9.17, 15) is 9.90 Å². The quantitative estimate of drug-likeness (QED) is 0.282. The average Bonchev–Trinajstić information content (AvgIpc) is 2.97. The van der Waals surface area contributed by atoms with Crippen molar-refractivity contribution in [3.63, 3.8) is 0 Å². The minimum absolute atomic E-state index is 0.00495. The Kier molecular flexibility index (Phi) is 7.70. The molecule has 0 radical (unpaired) electrons. The van der Waals surface area contributed by atoms with Gasteiger partial charge in [-0.15, -0.1) is 10.2 Å². The third kappa shape index (κ3) is 5.77. The molecule has 4 rings (SSSR count). The van der Waals surface area contributed by atoms with E-state index >= 15 is 0 Å². The molecule has 0 unspecified atom stereocenters. The molecule has 8 nitrogen and oxygen atoms in total. The van der Waals surface area contributed by atoms with Crippen LogP contribution >= 0.6 is 11.6 Å². The van der Waals surface area contributed by atoms with Gasteiger partial charge in [0.15, 0.2) is 12.3 Å². The van der Waals surface area contributed by atoms with Crippen molar-refractivity contribution < 1.29 is 14.7 Å². The third-order valence-corrected chi connectivity index (χ3v) is 5.92. The fourth-order valence-electron chi connectivity index (χ4n) is 3.89. The standard InChI is InChI=1S/C24H26ClN5O3/c25-20-11-5-3-9-18(20)15-26-33-16-22(31)27-28-23-19-10-4-6-12-21(19)30(24(23)32)17-29-13-7-1-2-8-14-29/h3-6,9-12,15,32H,1-2,7-8,13-14,16-17H2/b26-15-,28-27?. The molecule has 0 spiro atoms.